The molecule has 8 heteroatoms. The van der Waals surface area contributed by atoms with E-state index in [0.29, 0.717) is 22.6 Å². The Labute approximate surface area is 128 Å². The summed E-state index contributed by atoms with van der Waals surface area (Å²) in [4.78, 5) is 0.391. The minimum absolute atomic E-state index is 0.0653. The van der Waals surface area contributed by atoms with Crippen LogP contribution in [0.1, 0.15) is 22.6 Å². The Morgan fingerprint density at radius 3 is 2.62 bits per heavy atom. The van der Waals surface area contributed by atoms with Gasteiger partial charge in [0.1, 0.15) is 10.7 Å². The molecule has 0 aliphatic rings. The van der Waals surface area contributed by atoms with Crippen molar-refractivity contribution >= 4 is 27.2 Å². The molecule has 0 spiro atoms. The Morgan fingerprint density at radius 2 is 2.10 bits per heavy atom. The largest absolute Gasteiger partial charge is 0.389 e. The van der Waals surface area contributed by atoms with Gasteiger partial charge in [-0.3, -0.25) is 0 Å². The van der Waals surface area contributed by atoms with Gasteiger partial charge in [0, 0.05) is 11.6 Å². The first kappa shape index (κ1) is 15.6. The van der Waals surface area contributed by atoms with Crippen LogP contribution in [0.15, 0.2) is 33.7 Å². The fraction of sp³-hybridized carbons (Fsp3) is 0.231. The van der Waals surface area contributed by atoms with Crippen LogP contribution in [0.2, 0.25) is 0 Å². The van der Waals surface area contributed by atoms with Gasteiger partial charge in [-0.15, -0.1) is 0 Å². The number of aryl methyl sites for hydroxylation is 2. The molecule has 112 valence electrons. The van der Waals surface area contributed by atoms with Crippen molar-refractivity contribution in [1.82, 2.24) is 9.88 Å². The lowest BCUT2D eigenvalue weighted by Gasteiger charge is -2.08. The molecule has 0 aliphatic carbocycles. The van der Waals surface area contributed by atoms with Crippen LogP contribution < -0.4 is 10.5 Å². The van der Waals surface area contributed by atoms with Crippen molar-refractivity contribution in [3.05, 3.63) is 46.8 Å². The van der Waals surface area contributed by atoms with E-state index in [1.54, 1.807) is 26.0 Å². The van der Waals surface area contributed by atoms with Gasteiger partial charge in [0.2, 0.25) is 10.0 Å². The van der Waals surface area contributed by atoms with Gasteiger partial charge in [-0.25, -0.2) is 13.1 Å². The summed E-state index contributed by atoms with van der Waals surface area (Å²) in [6, 6.07) is 6.28. The van der Waals surface area contributed by atoms with Gasteiger partial charge >= 0.3 is 0 Å². The van der Waals surface area contributed by atoms with Gasteiger partial charge in [-0.2, -0.15) is 0 Å². The lowest BCUT2D eigenvalue weighted by molar-refractivity contribution is 0.390. The molecule has 21 heavy (non-hydrogen) atoms. The number of hydrogen-bond acceptors (Lipinski definition) is 5. The summed E-state index contributed by atoms with van der Waals surface area (Å²) in [7, 11) is -3.63. The monoisotopic (exact) mass is 325 g/mol. The second-order valence-corrected chi connectivity index (χ2v) is 6.80. The van der Waals surface area contributed by atoms with E-state index in [1.165, 1.54) is 12.1 Å². The number of nitrogens with zero attached hydrogens (tertiary/aromatic N) is 1. The van der Waals surface area contributed by atoms with E-state index in [4.69, 9.17) is 22.5 Å². The fourth-order valence-electron chi connectivity index (χ4n) is 1.83. The quantitative estimate of drug-likeness (QED) is 0.807. The third-order valence-electron chi connectivity index (χ3n) is 2.89. The van der Waals surface area contributed by atoms with Crippen molar-refractivity contribution in [2.45, 2.75) is 25.3 Å². The van der Waals surface area contributed by atoms with Crippen LogP contribution in [0.25, 0.3) is 0 Å². The Bertz CT molecular complexity index is 782. The zero-order valence-corrected chi connectivity index (χ0v) is 13.2. The van der Waals surface area contributed by atoms with Crippen LogP contribution >= 0.6 is 12.2 Å². The molecular formula is C13H15N3O3S2. The number of nitrogens with two attached hydrogens (primary N) is 1. The van der Waals surface area contributed by atoms with Crippen molar-refractivity contribution in [1.29, 1.82) is 0 Å². The molecular weight excluding hydrogens is 310 g/mol. The van der Waals surface area contributed by atoms with E-state index >= 15 is 0 Å². The summed E-state index contributed by atoms with van der Waals surface area (Å²) in [6.45, 7) is 3.56. The van der Waals surface area contributed by atoms with Crippen molar-refractivity contribution in [3.63, 3.8) is 0 Å². The Balaban J connectivity index is 2.19. The molecule has 1 heterocycles. The van der Waals surface area contributed by atoms with Crippen LogP contribution in [0.4, 0.5) is 0 Å². The molecule has 0 saturated heterocycles. The van der Waals surface area contributed by atoms with Crippen molar-refractivity contribution in [3.8, 4) is 0 Å². The number of thiocarbonyl (C=S) groups is 1. The fourth-order valence-corrected chi connectivity index (χ4v) is 3.15. The molecule has 3 N–H and O–H groups in total. The highest BCUT2D eigenvalue weighted by molar-refractivity contribution is 7.89. The van der Waals surface area contributed by atoms with E-state index in [2.05, 4.69) is 9.88 Å². The number of nitrogens with one attached hydrogen (secondary N) is 1. The van der Waals surface area contributed by atoms with Crippen LogP contribution in [0, 0.1) is 13.8 Å². The molecule has 2 aromatic rings. The minimum atomic E-state index is -3.63. The second kappa shape index (κ2) is 5.92. The average Bonchev–Trinajstić information content (AvgIpc) is 2.82. The van der Waals surface area contributed by atoms with Crippen molar-refractivity contribution in [2.24, 2.45) is 5.73 Å². The van der Waals surface area contributed by atoms with Crippen LogP contribution in [-0.4, -0.2) is 18.6 Å². The maximum atomic E-state index is 12.2. The number of hydrogen-bond donors (Lipinski definition) is 2. The van der Waals surface area contributed by atoms with Gasteiger partial charge < -0.3 is 10.3 Å². The highest BCUT2D eigenvalue weighted by Gasteiger charge is 2.16. The third kappa shape index (κ3) is 3.66. The number of benzene rings is 1. The second-order valence-electron chi connectivity index (χ2n) is 4.59. The van der Waals surface area contributed by atoms with Gasteiger partial charge in [0.15, 0.2) is 0 Å². The molecule has 0 amide bonds. The smallest absolute Gasteiger partial charge is 0.240 e. The SMILES string of the molecule is Cc1cc(CNS(=O)(=O)c2ccc(C(N)=S)c(C)c2)no1. The topological polar surface area (TPSA) is 98.2 Å². The van der Waals surface area contributed by atoms with Gasteiger partial charge in [-0.05, 0) is 31.5 Å². The molecule has 0 unspecified atom stereocenters. The van der Waals surface area contributed by atoms with Crippen molar-refractivity contribution < 1.29 is 12.9 Å². The Morgan fingerprint density at radius 1 is 1.38 bits per heavy atom. The predicted molar refractivity (Wildman–Crippen MR) is 82.3 cm³/mol. The highest BCUT2D eigenvalue weighted by atomic mass is 32.2. The summed E-state index contributed by atoms with van der Waals surface area (Å²) in [5.74, 6) is 0.626. The molecule has 1 aromatic carbocycles. The van der Waals surface area contributed by atoms with Gasteiger partial charge in [-0.1, -0.05) is 23.4 Å². The van der Waals surface area contributed by atoms with E-state index in [0.717, 1.165) is 0 Å². The average molecular weight is 325 g/mol. The summed E-state index contributed by atoms with van der Waals surface area (Å²) in [5.41, 5.74) is 7.45. The normalized spacial score (nSPS) is 11.5. The number of sulfonamides is 1. The third-order valence-corrected chi connectivity index (χ3v) is 4.51. The zero-order chi connectivity index (χ0) is 15.6. The first-order chi connectivity index (χ1) is 9.79. The van der Waals surface area contributed by atoms with E-state index in [-0.39, 0.29) is 16.4 Å². The summed E-state index contributed by atoms with van der Waals surface area (Å²) in [5, 5.41) is 3.73. The van der Waals surface area contributed by atoms with E-state index < -0.39 is 10.0 Å². The van der Waals surface area contributed by atoms with Crippen LogP contribution in [0.3, 0.4) is 0 Å². The number of rotatable bonds is 5. The molecule has 6 nitrogen and oxygen atoms in total. The van der Waals surface area contributed by atoms with Crippen molar-refractivity contribution in [2.75, 3.05) is 0 Å². The summed E-state index contributed by atoms with van der Waals surface area (Å²) in [6.07, 6.45) is 0. The highest BCUT2D eigenvalue weighted by Crippen LogP contribution is 2.16. The van der Waals surface area contributed by atoms with Crippen LogP contribution in [0.5, 0.6) is 0 Å². The Hall–Kier alpha value is -1.77. The molecule has 0 bridgehead atoms. The lowest BCUT2D eigenvalue weighted by atomic mass is 10.1. The standard InChI is InChI=1S/C13H15N3O3S2/c1-8-5-11(3-4-12(8)13(14)20)21(17,18)15-7-10-6-9(2)19-16-10/h3-6,15H,7H2,1-2H3,(H2,14,20). The van der Waals surface area contributed by atoms with E-state index in [1.807, 2.05) is 0 Å². The maximum Gasteiger partial charge on any atom is 0.240 e. The van der Waals surface area contributed by atoms with E-state index in [9.17, 15) is 8.42 Å². The van der Waals surface area contributed by atoms with Gasteiger partial charge in [0.05, 0.1) is 17.1 Å². The molecule has 2 rings (SSSR count). The van der Waals surface area contributed by atoms with Crippen LogP contribution in [-0.2, 0) is 16.6 Å². The first-order valence-electron chi connectivity index (χ1n) is 6.12. The van der Waals surface area contributed by atoms with Gasteiger partial charge in [0.25, 0.3) is 0 Å². The molecule has 0 aliphatic heterocycles. The molecule has 0 saturated carbocycles. The predicted octanol–water partition coefficient (Wildman–Crippen LogP) is 1.40. The lowest BCUT2D eigenvalue weighted by Crippen LogP contribution is -2.23. The molecule has 0 radical (unpaired) electrons. The molecule has 1 aromatic heterocycles. The molecule has 0 atom stereocenters. The zero-order valence-electron chi connectivity index (χ0n) is 11.6. The first-order valence-corrected chi connectivity index (χ1v) is 8.01. The summed E-state index contributed by atoms with van der Waals surface area (Å²) < 4.78 is 31.8. The number of aromatic nitrogens is 1. The molecule has 0 fully saturated rings. The maximum absolute atomic E-state index is 12.2. The minimum Gasteiger partial charge on any atom is -0.389 e. The summed E-state index contributed by atoms with van der Waals surface area (Å²) >= 11 is 4.90. The Kier molecular flexibility index (Phi) is 4.40.